The number of urea groups is 1. The molecule has 4 heterocycles. The zero-order valence-electron chi connectivity index (χ0n) is 28.1. The second kappa shape index (κ2) is 16.4. The number of piperazine rings is 1. The third-order valence-electron chi connectivity index (χ3n) is 10.4. The molecule has 15 heteroatoms. The van der Waals surface area contributed by atoms with Crippen molar-refractivity contribution in [3.63, 3.8) is 0 Å². The summed E-state index contributed by atoms with van der Waals surface area (Å²) in [6.07, 6.45) is 2.14. The number of phenols is 1. The summed E-state index contributed by atoms with van der Waals surface area (Å²) in [5.41, 5.74) is 4.38. The lowest BCUT2D eigenvalue weighted by Crippen LogP contribution is -2.56. The van der Waals surface area contributed by atoms with Crippen molar-refractivity contribution in [1.82, 2.24) is 30.0 Å². The predicted octanol–water partition coefficient (Wildman–Crippen LogP) is 2.87. The molecule has 3 fully saturated rings. The van der Waals surface area contributed by atoms with Crippen molar-refractivity contribution >= 4 is 45.6 Å². The molecule has 0 spiro atoms. The van der Waals surface area contributed by atoms with E-state index in [1.165, 1.54) is 0 Å². The summed E-state index contributed by atoms with van der Waals surface area (Å²) in [6.45, 7) is 5.73. The minimum Gasteiger partial charge on any atom is -0.507 e. The molecule has 6 rings (SSSR count). The summed E-state index contributed by atoms with van der Waals surface area (Å²) in [4.78, 5) is 61.9. The van der Waals surface area contributed by atoms with E-state index in [-0.39, 0.29) is 36.7 Å². The van der Waals surface area contributed by atoms with Crippen LogP contribution >= 0.6 is 15.9 Å². The summed E-state index contributed by atoms with van der Waals surface area (Å²) < 4.78 is 6.49. The first-order valence-corrected chi connectivity index (χ1v) is 18.2. The third-order valence-corrected chi connectivity index (χ3v) is 11.1. The highest BCUT2D eigenvalue weighted by molar-refractivity contribution is 9.10. The second-order valence-electron chi connectivity index (χ2n) is 13.5. The minimum absolute atomic E-state index is 0.00977. The van der Waals surface area contributed by atoms with Gasteiger partial charge in [-0.3, -0.25) is 24.6 Å². The van der Waals surface area contributed by atoms with Crippen LogP contribution in [0.15, 0.2) is 46.9 Å². The maximum absolute atomic E-state index is 14.0. The maximum Gasteiger partial charge on any atom is 0.410 e. The Kier molecular flexibility index (Phi) is 11.8. The lowest BCUT2D eigenvalue weighted by Gasteiger charge is -2.43. The van der Waals surface area contributed by atoms with Crippen LogP contribution in [-0.4, -0.2) is 142 Å². The molecule has 0 saturated carbocycles. The highest BCUT2D eigenvalue weighted by Crippen LogP contribution is 2.28. The number of nitrogens with zero attached hydrogens (tertiary/aromatic N) is 5. The number of hydrogen-bond acceptors (Lipinski definition) is 9. The second-order valence-corrected chi connectivity index (χ2v) is 14.4. The van der Waals surface area contributed by atoms with E-state index in [1.807, 2.05) is 34.1 Å². The Morgan fingerprint density at radius 3 is 2.28 bits per heavy atom. The zero-order valence-corrected chi connectivity index (χ0v) is 29.7. The van der Waals surface area contributed by atoms with Crippen LogP contribution in [0.5, 0.6) is 5.75 Å². The van der Waals surface area contributed by atoms with Gasteiger partial charge < -0.3 is 29.9 Å². The molecule has 1 unspecified atom stereocenters. The molecule has 5 amide bonds. The van der Waals surface area contributed by atoms with Crippen LogP contribution in [0.3, 0.4) is 0 Å². The van der Waals surface area contributed by atoms with Gasteiger partial charge in [0.1, 0.15) is 5.75 Å². The molecule has 4 aliphatic rings. The van der Waals surface area contributed by atoms with Gasteiger partial charge in [-0.05, 0) is 77.4 Å². The summed E-state index contributed by atoms with van der Waals surface area (Å²) in [7, 11) is 0. The lowest BCUT2D eigenvalue weighted by molar-refractivity contribution is -0.142. The number of carbonyl (C=O) groups is 4. The molecular formula is C35H46BrN7O7. The highest BCUT2D eigenvalue weighted by Gasteiger charge is 2.36. The van der Waals surface area contributed by atoms with Gasteiger partial charge in [0.2, 0.25) is 0 Å². The number of nitrogens with one attached hydrogen (secondary N) is 2. The predicted molar refractivity (Wildman–Crippen MR) is 188 cm³/mol. The minimum atomic E-state index is -1.04. The van der Waals surface area contributed by atoms with Crippen molar-refractivity contribution in [1.29, 1.82) is 0 Å². The smallest absolute Gasteiger partial charge is 0.410 e. The molecule has 270 valence electrons. The molecule has 0 radical (unpaired) electrons. The number of anilines is 1. The molecule has 4 N–H and O–H groups in total. The van der Waals surface area contributed by atoms with Gasteiger partial charge in [-0.1, -0.05) is 24.3 Å². The molecule has 1 atom stereocenters. The highest BCUT2D eigenvalue weighted by atomic mass is 79.9. The first-order valence-electron chi connectivity index (χ1n) is 17.4. The van der Waals surface area contributed by atoms with Crippen LogP contribution in [0.4, 0.5) is 15.3 Å². The third kappa shape index (κ3) is 8.68. The van der Waals surface area contributed by atoms with E-state index in [9.17, 15) is 24.3 Å². The Hall–Kier alpha value is -3.92. The Balaban J connectivity index is 1.04. The van der Waals surface area contributed by atoms with Crippen LogP contribution in [-0.2, 0) is 27.2 Å². The number of piperidine rings is 2. The van der Waals surface area contributed by atoms with Gasteiger partial charge >= 0.3 is 12.1 Å². The fourth-order valence-corrected chi connectivity index (χ4v) is 7.97. The van der Waals surface area contributed by atoms with Crippen LogP contribution < -0.4 is 10.8 Å². The van der Waals surface area contributed by atoms with E-state index in [1.54, 1.807) is 33.5 Å². The molecule has 2 aromatic rings. The number of para-hydroxylation sites is 1. The molecule has 50 heavy (non-hydrogen) atoms. The SMILES string of the molecule is O=C(CN1CCN(C2CCN(C(=O)C(Cc3ccc(O)c(Br)c3)OC(=O)N3CCC(N4CCc5ccccc5NC4=O)CC3)CC2)CC1)NO. The van der Waals surface area contributed by atoms with Crippen molar-refractivity contribution < 1.29 is 34.2 Å². The quantitative estimate of drug-likeness (QED) is 0.235. The average Bonchev–Trinajstić information content (AvgIpc) is 3.31. The van der Waals surface area contributed by atoms with Crippen molar-refractivity contribution in [2.24, 2.45) is 0 Å². The number of likely N-dealkylation sites (tertiary alicyclic amines) is 2. The van der Waals surface area contributed by atoms with Crippen LogP contribution in [0.1, 0.15) is 36.8 Å². The van der Waals surface area contributed by atoms with Gasteiger partial charge in [0.15, 0.2) is 6.10 Å². The Labute approximate surface area is 300 Å². The van der Waals surface area contributed by atoms with Crippen molar-refractivity contribution in [2.75, 3.05) is 70.8 Å². The summed E-state index contributed by atoms with van der Waals surface area (Å²) in [6, 6.07) is 13.0. The molecule has 14 nitrogen and oxygen atoms in total. The standard InChI is InChI=1S/C35H46BrN7O7/c36-28-21-24(5-6-30(28)44)22-31(33(46)41-12-8-26(9-13-41)40-19-17-39(18-20-40)23-32(45)38-49)50-35(48)42-14-10-27(11-15-42)43-16-7-25-3-1-2-4-29(25)37-34(43)47/h1-6,21,26-27,31,44,49H,7-20,22-23H2,(H,37,47)(H,38,45). The number of rotatable bonds is 8. The van der Waals surface area contributed by atoms with Gasteiger partial charge in [-0.25, -0.2) is 15.1 Å². The van der Waals surface area contributed by atoms with Gasteiger partial charge in [0.05, 0.1) is 11.0 Å². The fraction of sp³-hybridized carbons (Fsp3) is 0.543. The van der Waals surface area contributed by atoms with Crippen LogP contribution in [0.2, 0.25) is 0 Å². The number of halogens is 1. The number of amides is 5. The number of hydrogen-bond donors (Lipinski definition) is 4. The molecule has 2 aromatic carbocycles. The zero-order chi connectivity index (χ0) is 35.2. The van der Waals surface area contributed by atoms with E-state index in [2.05, 4.69) is 26.1 Å². The van der Waals surface area contributed by atoms with Crippen LogP contribution in [0.25, 0.3) is 0 Å². The topological polar surface area (TPSA) is 158 Å². The molecule has 4 aliphatic heterocycles. The number of ether oxygens (including phenoxy) is 1. The van der Waals surface area contributed by atoms with Gasteiger partial charge in [0.25, 0.3) is 11.8 Å². The number of aromatic hydroxyl groups is 1. The Morgan fingerprint density at radius 2 is 1.58 bits per heavy atom. The van der Waals surface area contributed by atoms with E-state index in [0.717, 1.165) is 62.3 Å². The summed E-state index contributed by atoms with van der Waals surface area (Å²) in [5, 5.41) is 21.9. The fourth-order valence-electron chi connectivity index (χ4n) is 7.55. The van der Waals surface area contributed by atoms with Crippen molar-refractivity contribution in [3.05, 3.63) is 58.1 Å². The largest absolute Gasteiger partial charge is 0.507 e. The number of fused-ring (bicyclic) bond motifs is 1. The molecule has 0 bridgehead atoms. The Bertz CT molecular complexity index is 1540. The number of hydroxylamine groups is 1. The van der Waals surface area contributed by atoms with E-state index >= 15 is 0 Å². The molecule has 0 aliphatic carbocycles. The number of benzene rings is 2. The van der Waals surface area contributed by atoms with Gasteiger partial charge in [-0.15, -0.1) is 0 Å². The van der Waals surface area contributed by atoms with E-state index < -0.39 is 18.1 Å². The normalized spacial score (nSPS) is 20.4. The Morgan fingerprint density at radius 1 is 0.900 bits per heavy atom. The van der Waals surface area contributed by atoms with E-state index in [4.69, 9.17) is 9.94 Å². The van der Waals surface area contributed by atoms with Gasteiger partial charge in [0, 0.05) is 83.1 Å². The lowest BCUT2D eigenvalue weighted by atomic mass is 10.0. The van der Waals surface area contributed by atoms with E-state index in [0.29, 0.717) is 56.1 Å². The summed E-state index contributed by atoms with van der Waals surface area (Å²) in [5.74, 6) is -0.576. The first kappa shape index (κ1) is 35.9. The van der Waals surface area contributed by atoms with Crippen LogP contribution in [0, 0.1) is 0 Å². The van der Waals surface area contributed by atoms with Crippen molar-refractivity contribution in [3.8, 4) is 5.75 Å². The molecule has 0 aromatic heterocycles. The average molecular weight is 757 g/mol. The van der Waals surface area contributed by atoms with Crippen molar-refractivity contribution in [2.45, 2.75) is 56.7 Å². The molecular weight excluding hydrogens is 710 g/mol. The number of carbonyl (C=O) groups excluding carboxylic acids is 4. The monoisotopic (exact) mass is 755 g/mol. The number of phenolic OH excluding ortho intramolecular Hbond substituents is 1. The first-order chi connectivity index (χ1) is 24.2. The maximum atomic E-state index is 14.0. The molecule has 3 saturated heterocycles. The summed E-state index contributed by atoms with van der Waals surface area (Å²) >= 11 is 3.35. The van der Waals surface area contributed by atoms with Gasteiger partial charge in [-0.2, -0.15) is 0 Å².